The van der Waals surface area contributed by atoms with E-state index in [4.69, 9.17) is 4.74 Å². The Labute approximate surface area is 146 Å². The quantitative estimate of drug-likeness (QED) is 0.880. The summed E-state index contributed by atoms with van der Waals surface area (Å²) in [6.07, 6.45) is -4.18. The maximum absolute atomic E-state index is 13.0. The van der Waals surface area contributed by atoms with E-state index in [0.717, 1.165) is 36.4 Å². The van der Waals surface area contributed by atoms with Crippen molar-refractivity contribution in [3.05, 3.63) is 29.3 Å². The van der Waals surface area contributed by atoms with E-state index < -0.39 is 18.6 Å². The lowest BCUT2D eigenvalue weighted by Gasteiger charge is -2.35. The number of rotatable bonds is 3. The van der Waals surface area contributed by atoms with Crippen molar-refractivity contribution in [2.75, 3.05) is 32.8 Å². The molecule has 0 bridgehead atoms. The molecule has 1 aromatic carbocycles. The third-order valence-electron chi connectivity index (χ3n) is 4.12. The minimum absolute atomic E-state index is 0. The number of fused-ring (bicyclic) bond motifs is 1. The molecule has 23 heavy (non-hydrogen) atoms. The summed E-state index contributed by atoms with van der Waals surface area (Å²) in [5, 5.41) is 3.18. The van der Waals surface area contributed by atoms with Crippen molar-refractivity contribution in [2.24, 2.45) is 0 Å². The van der Waals surface area contributed by atoms with Crippen LogP contribution in [0.2, 0.25) is 0 Å². The summed E-state index contributed by atoms with van der Waals surface area (Å²) in [5.41, 5.74) is 1.77. The van der Waals surface area contributed by atoms with Crippen LogP contribution in [0.4, 0.5) is 13.2 Å². The summed E-state index contributed by atoms with van der Waals surface area (Å²) < 4.78 is 44.3. The van der Waals surface area contributed by atoms with Gasteiger partial charge < -0.3 is 10.1 Å². The molecule has 132 valence electrons. The first-order valence-corrected chi connectivity index (χ1v) is 7.30. The number of benzene rings is 1. The first kappa shape index (κ1) is 20.4. The first-order valence-electron chi connectivity index (χ1n) is 7.30. The number of hydrogen-bond donors (Lipinski definition) is 1. The average molecular weight is 373 g/mol. The molecule has 0 spiro atoms. The zero-order chi connectivity index (χ0) is 14.9. The fraction of sp³-hybridized carbons (Fsp3) is 0.600. The van der Waals surface area contributed by atoms with Gasteiger partial charge in [0.25, 0.3) is 0 Å². The van der Waals surface area contributed by atoms with Crippen molar-refractivity contribution in [1.82, 2.24) is 10.2 Å². The van der Waals surface area contributed by atoms with Crippen molar-refractivity contribution < 1.29 is 17.9 Å². The van der Waals surface area contributed by atoms with Crippen LogP contribution in [-0.2, 0) is 6.42 Å². The van der Waals surface area contributed by atoms with Crippen LogP contribution in [0.1, 0.15) is 23.6 Å². The average Bonchev–Trinajstić information content (AvgIpc) is 2.92. The zero-order valence-corrected chi connectivity index (χ0v) is 14.2. The van der Waals surface area contributed by atoms with Crippen LogP contribution >= 0.6 is 24.8 Å². The summed E-state index contributed by atoms with van der Waals surface area (Å²) in [6, 6.07) is 4.88. The fourth-order valence-corrected chi connectivity index (χ4v) is 3.08. The Balaban J connectivity index is 0.00000132. The number of ether oxygens (including phenoxy) is 1. The van der Waals surface area contributed by atoms with Gasteiger partial charge in [0.1, 0.15) is 5.75 Å². The van der Waals surface area contributed by atoms with Crippen molar-refractivity contribution in [1.29, 1.82) is 0 Å². The molecule has 0 radical (unpaired) electrons. The van der Waals surface area contributed by atoms with E-state index >= 15 is 0 Å². The van der Waals surface area contributed by atoms with Crippen molar-refractivity contribution >= 4 is 24.8 Å². The molecule has 2 heterocycles. The van der Waals surface area contributed by atoms with E-state index in [9.17, 15) is 13.2 Å². The van der Waals surface area contributed by atoms with Crippen LogP contribution in [0.15, 0.2) is 18.2 Å². The highest BCUT2D eigenvalue weighted by molar-refractivity contribution is 5.85. The monoisotopic (exact) mass is 372 g/mol. The SMILES string of the molecule is Cl.Cl.FC(F)(F)C[C@@H](c1ccc2c(c1)CCO2)N1CCNCC1. The molecular weight excluding hydrogens is 352 g/mol. The van der Waals surface area contributed by atoms with Crippen molar-refractivity contribution in [2.45, 2.75) is 25.1 Å². The molecule has 2 aliphatic heterocycles. The van der Waals surface area contributed by atoms with E-state index in [-0.39, 0.29) is 24.8 Å². The number of halogens is 5. The number of alkyl halides is 3. The fourth-order valence-electron chi connectivity index (χ4n) is 3.08. The molecule has 1 fully saturated rings. The van der Waals surface area contributed by atoms with E-state index in [2.05, 4.69) is 5.32 Å². The second-order valence-corrected chi connectivity index (χ2v) is 5.59. The molecule has 0 amide bonds. The van der Waals surface area contributed by atoms with Gasteiger partial charge in [0.2, 0.25) is 0 Å². The molecule has 1 saturated heterocycles. The molecule has 0 aromatic heterocycles. The first-order chi connectivity index (χ1) is 10.0. The lowest BCUT2D eigenvalue weighted by molar-refractivity contribution is -0.148. The number of nitrogens with one attached hydrogen (secondary N) is 1. The van der Waals surface area contributed by atoms with Gasteiger partial charge in [-0.15, -0.1) is 24.8 Å². The lowest BCUT2D eigenvalue weighted by atomic mass is 9.98. The van der Waals surface area contributed by atoms with E-state index in [1.807, 2.05) is 17.0 Å². The predicted molar refractivity (Wildman–Crippen MR) is 88.0 cm³/mol. The minimum Gasteiger partial charge on any atom is -0.493 e. The highest BCUT2D eigenvalue weighted by Gasteiger charge is 2.36. The molecule has 1 aromatic rings. The topological polar surface area (TPSA) is 24.5 Å². The van der Waals surface area contributed by atoms with Crippen molar-refractivity contribution in [3.8, 4) is 5.75 Å². The molecule has 1 N–H and O–H groups in total. The minimum atomic E-state index is -4.16. The third-order valence-corrected chi connectivity index (χ3v) is 4.12. The molecule has 3 nitrogen and oxygen atoms in total. The van der Waals surface area contributed by atoms with Crippen molar-refractivity contribution in [3.63, 3.8) is 0 Å². The molecular formula is C15H21Cl2F3N2O. The van der Waals surface area contributed by atoms with Gasteiger partial charge in [-0.3, -0.25) is 4.90 Å². The van der Waals surface area contributed by atoms with Crippen LogP contribution in [0.3, 0.4) is 0 Å². The molecule has 0 aliphatic carbocycles. The van der Waals surface area contributed by atoms with Gasteiger partial charge in [-0.25, -0.2) is 0 Å². The van der Waals surface area contributed by atoms with Gasteiger partial charge in [-0.2, -0.15) is 13.2 Å². The largest absolute Gasteiger partial charge is 0.493 e. The Morgan fingerprint density at radius 3 is 2.52 bits per heavy atom. The molecule has 0 saturated carbocycles. The van der Waals surface area contributed by atoms with Crippen LogP contribution < -0.4 is 10.1 Å². The summed E-state index contributed by atoms with van der Waals surface area (Å²) in [5.74, 6) is 0.810. The Kier molecular flexibility index (Phi) is 7.45. The molecule has 3 rings (SSSR count). The van der Waals surface area contributed by atoms with Crippen LogP contribution in [-0.4, -0.2) is 43.9 Å². The van der Waals surface area contributed by atoms with E-state index in [0.29, 0.717) is 19.7 Å². The van der Waals surface area contributed by atoms with Gasteiger partial charge in [0, 0.05) is 38.6 Å². The van der Waals surface area contributed by atoms with Gasteiger partial charge in [-0.1, -0.05) is 12.1 Å². The molecule has 0 unspecified atom stereocenters. The van der Waals surface area contributed by atoms with Crippen LogP contribution in [0.25, 0.3) is 0 Å². The van der Waals surface area contributed by atoms with E-state index in [1.165, 1.54) is 0 Å². The normalized spacial score (nSPS) is 19.1. The van der Waals surface area contributed by atoms with E-state index in [1.54, 1.807) is 6.07 Å². The van der Waals surface area contributed by atoms with Gasteiger partial charge >= 0.3 is 6.18 Å². The number of nitrogens with zero attached hydrogens (tertiary/aromatic N) is 1. The van der Waals surface area contributed by atoms with Gasteiger partial charge in [-0.05, 0) is 17.2 Å². The Hall–Kier alpha value is -0.690. The maximum Gasteiger partial charge on any atom is 0.390 e. The zero-order valence-electron chi connectivity index (χ0n) is 12.6. The third kappa shape index (κ3) is 5.14. The molecule has 1 atom stereocenters. The molecule has 8 heteroatoms. The van der Waals surface area contributed by atoms with Gasteiger partial charge in [0.15, 0.2) is 0 Å². The molecule has 2 aliphatic rings. The highest BCUT2D eigenvalue weighted by Crippen LogP contribution is 2.36. The summed E-state index contributed by atoms with van der Waals surface area (Å²) in [7, 11) is 0. The number of hydrogen-bond acceptors (Lipinski definition) is 3. The lowest BCUT2D eigenvalue weighted by Crippen LogP contribution is -2.46. The summed E-state index contributed by atoms with van der Waals surface area (Å²) in [6.45, 7) is 3.39. The maximum atomic E-state index is 13.0. The Morgan fingerprint density at radius 1 is 1.17 bits per heavy atom. The summed E-state index contributed by atoms with van der Waals surface area (Å²) in [4.78, 5) is 1.93. The summed E-state index contributed by atoms with van der Waals surface area (Å²) >= 11 is 0. The second kappa shape index (κ2) is 8.42. The standard InChI is InChI=1S/C15H19F3N2O.2ClH/c16-15(17,18)10-13(20-6-4-19-5-7-20)11-1-2-14-12(9-11)3-8-21-14;;/h1-2,9,13,19H,3-8,10H2;2*1H/t13-;;/m0../s1. The Morgan fingerprint density at radius 2 is 1.87 bits per heavy atom. The van der Waals surface area contributed by atoms with Crippen LogP contribution in [0.5, 0.6) is 5.75 Å². The highest BCUT2D eigenvalue weighted by atomic mass is 35.5. The van der Waals surface area contributed by atoms with Crippen LogP contribution in [0, 0.1) is 0 Å². The predicted octanol–water partition coefficient (Wildman–Crippen LogP) is 3.36. The van der Waals surface area contributed by atoms with Gasteiger partial charge in [0.05, 0.1) is 13.0 Å². The second-order valence-electron chi connectivity index (χ2n) is 5.59. The smallest absolute Gasteiger partial charge is 0.390 e. The Bertz CT molecular complexity index is 508. The number of piperazine rings is 1.